The van der Waals surface area contributed by atoms with E-state index >= 15 is 0 Å². The molecule has 1 amide bonds. The van der Waals surface area contributed by atoms with Crippen molar-refractivity contribution in [3.05, 3.63) is 54.6 Å². The maximum Gasteiger partial charge on any atom is 0.271 e. The summed E-state index contributed by atoms with van der Waals surface area (Å²) in [4.78, 5) is 14.4. The van der Waals surface area contributed by atoms with Crippen LogP contribution in [0, 0.1) is 0 Å². The van der Waals surface area contributed by atoms with Crippen LogP contribution in [0.2, 0.25) is 0 Å². The van der Waals surface area contributed by atoms with Crippen molar-refractivity contribution in [3.8, 4) is 11.5 Å². The third kappa shape index (κ3) is 2.70. The zero-order valence-corrected chi connectivity index (χ0v) is 11.9. The molecule has 21 heavy (non-hydrogen) atoms. The Morgan fingerprint density at radius 3 is 2.48 bits per heavy atom. The van der Waals surface area contributed by atoms with Crippen LogP contribution >= 0.6 is 0 Å². The maximum atomic E-state index is 12.7. The summed E-state index contributed by atoms with van der Waals surface area (Å²) in [5, 5.41) is 0. The van der Waals surface area contributed by atoms with Crippen molar-refractivity contribution in [2.45, 2.75) is 13.0 Å². The largest absolute Gasteiger partial charge is 0.485 e. The highest BCUT2D eigenvalue weighted by atomic mass is 16.6. The predicted molar refractivity (Wildman–Crippen MR) is 80.8 cm³/mol. The summed E-state index contributed by atoms with van der Waals surface area (Å²) in [5.74, 6) is 1.22. The zero-order valence-electron chi connectivity index (χ0n) is 11.9. The first-order valence-electron chi connectivity index (χ1n) is 7.04. The van der Waals surface area contributed by atoms with Gasteiger partial charge in [-0.05, 0) is 31.2 Å². The van der Waals surface area contributed by atoms with Crippen molar-refractivity contribution >= 4 is 11.6 Å². The van der Waals surface area contributed by atoms with E-state index < -0.39 is 6.10 Å². The van der Waals surface area contributed by atoms with Gasteiger partial charge in [-0.3, -0.25) is 4.79 Å². The van der Waals surface area contributed by atoms with Crippen LogP contribution in [0.5, 0.6) is 11.5 Å². The van der Waals surface area contributed by atoms with Gasteiger partial charge in [-0.2, -0.15) is 0 Å². The highest BCUT2D eigenvalue weighted by Gasteiger charge is 2.31. The van der Waals surface area contributed by atoms with Crippen molar-refractivity contribution in [1.82, 2.24) is 0 Å². The number of ether oxygens (including phenoxy) is 2. The Morgan fingerprint density at radius 2 is 1.76 bits per heavy atom. The number of benzene rings is 2. The van der Waals surface area contributed by atoms with Gasteiger partial charge in [0.2, 0.25) is 6.10 Å². The summed E-state index contributed by atoms with van der Waals surface area (Å²) in [6.45, 7) is 2.77. The first kappa shape index (κ1) is 13.5. The summed E-state index contributed by atoms with van der Waals surface area (Å²) in [5.41, 5.74) is 0.868. The smallest absolute Gasteiger partial charge is 0.271 e. The number of anilines is 1. The number of rotatable bonds is 3. The lowest BCUT2D eigenvalue weighted by atomic mass is 10.2. The Bertz CT molecular complexity index is 627. The van der Waals surface area contributed by atoms with Gasteiger partial charge in [-0.25, -0.2) is 0 Å². The van der Waals surface area contributed by atoms with Crippen LogP contribution in [0.25, 0.3) is 0 Å². The van der Waals surface area contributed by atoms with Crippen molar-refractivity contribution in [2.75, 3.05) is 18.1 Å². The number of carbonyl (C=O) groups is 1. The lowest BCUT2D eigenvalue weighted by Gasteiger charge is -2.30. The van der Waals surface area contributed by atoms with E-state index in [2.05, 4.69) is 0 Å². The van der Waals surface area contributed by atoms with Gasteiger partial charge in [0, 0.05) is 12.2 Å². The summed E-state index contributed by atoms with van der Waals surface area (Å²) in [7, 11) is 0. The average molecular weight is 283 g/mol. The van der Waals surface area contributed by atoms with Gasteiger partial charge in [0.05, 0.1) is 0 Å². The third-order valence-electron chi connectivity index (χ3n) is 3.43. The Morgan fingerprint density at radius 1 is 1.10 bits per heavy atom. The minimum atomic E-state index is -0.611. The van der Waals surface area contributed by atoms with Crippen LogP contribution < -0.4 is 14.4 Å². The minimum Gasteiger partial charge on any atom is -0.485 e. The molecule has 2 aromatic rings. The fraction of sp³-hybridized carbons (Fsp3) is 0.235. The zero-order chi connectivity index (χ0) is 14.7. The van der Waals surface area contributed by atoms with Crippen LogP contribution in [0.15, 0.2) is 54.6 Å². The first-order valence-corrected chi connectivity index (χ1v) is 7.04. The van der Waals surface area contributed by atoms with Crippen LogP contribution in [0.4, 0.5) is 5.69 Å². The van der Waals surface area contributed by atoms with Crippen LogP contribution in [0.3, 0.4) is 0 Å². The standard InChI is InChI=1S/C17H17NO3/c1-2-18(13-8-4-3-5-9-13)17(19)16-12-20-14-10-6-7-11-15(14)21-16/h3-11,16H,2,12H2,1H3. The number of carbonyl (C=O) groups excluding carboxylic acids is 1. The van der Waals surface area contributed by atoms with E-state index in [-0.39, 0.29) is 12.5 Å². The van der Waals surface area contributed by atoms with E-state index in [4.69, 9.17) is 9.47 Å². The minimum absolute atomic E-state index is 0.0850. The SMILES string of the molecule is CCN(C(=O)C1COc2ccccc2O1)c1ccccc1. The summed E-state index contributed by atoms with van der Waals surface area (Å²) < 4.78 is 11.4. The molecule has 0 saturated heterocycles. The Balaban J connectivity index is 1.79. The molecule has 0 aromatic heterocycles. The Hall–Kier alpha value is -2.49. The van der Waals surface area contributed by atoms with Crippen LogP contribution in [-0.4, -0.2) is 25.2 Å². The normalized spacial score (nSPS) is 16.3. The lowest BCUT2D eigenvalue weighted by molar-refractivity contribution is -0.127. The van der Waals surface area contributed by atoms with E-state index in [0.29, 0.717) is 18.0 Å². The van der Waals surface area contributed by atoms with E-state index in [9.17, 15) is 4.79 Å². The van der Waals surface area contributed by atoms with Gasteiger partial charge in [0.25, 0.3) is 5.91 Å². The van der Waals surface area contributed by atoms with Crippen molar-refractivity contribution < 1.29 is 14.3 Å². The van der Waals surface area contributed by atoms with Gasteiger partial charge in [0.15, 0.2) is 11.5 Å². The molecule has 1 unspecified atom stereocenters. The molecule has 108 valence electrons. The maximum absolute atomic E-state index is 12.7. The molecule has 0 N–H and O–H groups in total. The summed E-state index contributed by atoms with van der Waals surface area (Å²) in [6, 6.07) is 17.0. The number of likely N-dealkylation sites (N-methyl/N-ethyl adjacent to an activating group) is 1. The lowest BCUT2D eigenvalue weighted by Crippen LogP contribution is -2.46. The molecule has 1 heterocycles. The van der Waals surface area contributed by atoms with Gasteiger partial charge in [-0.15, -0.1) is 0 Å². The van der Waals surface area contributed by atoms with Gasteiger partial charge in [-0.1, -0.05) is 30.3 Å². The van der Waals surface area contributed by atoms with E-state index in [0.717, 1.165) is 5.69 Å². The summed E-state index contributed by atoms with van der Waals surface area (Å²) in [6.07, 6.45) is -0.611. The number of hydrogen-bond acceptors (Lipinski definition) is 3. The molecule has 4 nitrogen and oxygen atoms in total. The van der Waals surface area contributed by atoms with Crippen LogP contribution in [0.1, 0.15) is 6.92 Å². The van der Waals surface area contributed by atoms with E-state index in [1.54, 1.807) is 4.90 Å². The first-order chi connectivity index (χ1) is 10.3. The molecule has 1 aliphatic heterocycles. The Labute approximate surface area is 123 Å². The molecule has 2 aromatic carbocycles. The van der Waals surface area contributed by atoms with Crippen molar-refractivity contribution in [2.24, 2.45) is 0 Å². The molecule has 0 fully saturated rings. The molecule has 0 aliphatic carbocycles. The van der Waals surface area contributed by atoms with Crippen LogP contribution in [-0.2, 0) is 4.79 Å². The van der Waals surface area contributed by atoms with Gasteiger partial charge >= 0.3 is 0 Å². The highest BCUT2D eigenvalue weighted by molar-refractivity contribution is 5.97. The molecule has 1 atom stereocenters. The molecule has 4 heteroatoms. The molecular formula is C17H17NO3. The number of fused-ring (bicyclic) bond motifs is 1. The van der Waals surface area contributed by atoms with Crippen molar-refractivity contribution in [3.63, 3.8) is 0 Å². The average Bonchev–Trinajstić information content (AvgIpc) is 2.56. The number of para-hydroxylation sites is 3. The van der Waals surface area contributed by atoms with E-state index in [1.165, 1.54) is 0 Å². The quantitative estimate of drug-likeness (QED) is 0.869. The fourth-order valence-corrected chi connectivity index (χ4v) is 2.39. The monoisotopic (exact) mass is 283 g/mol. The number of amides is 1. The molecule has 0 spiro atoms. The number of nitrogens with zero attached hydrogens (tertiary/aromatic N) is 1. The highest BCUT2D eigenvalue weighted by Crippen LogP contribution is 2.31. The molecular weight excluding hydrogens is 266 g/mol. The third-order valence-corrected chi connectivity index (χ3v) is 3.43. The summed E-state index contributed by atoms with van der Waals surface area (Å²) >= 11 is 0. The van der Waals surface area contributed by atoms with E-state index in [1.807, 2.05) is 61.5 Å². The van der Waals surface area contributed by atoms with Crippen molar-refractivity contribution in [1.29, 1.82) is 0 Å². The van der Waals surface area contributed by atoms with Gasteiger partial charge in [0.1, 0.15) is 6.61 Å². The fourth-order valence-electron chi connectivity index (χ4n) is 2.39. The molecule has 1 aliphatic rings. The molecule has 0 radical (unpaired) electrons. The molecule has 3 rings (SSSR count). The molecule has 0 bridgehead atoms. The second-order valence-electron chi connectivity index (χ2n) is 4.78. The molecule has 0 saturated carbocycles. The second kappa shape index (κ2) is 5.87. The predicted octanol–water partition coefficient (Wildman–Crippen LogP) is 2.88. The topological polar surface area (TPSA) is 38.8 Å². The number of hydrogen-bond donors (Lipinski definition) is 0. The second-order valence-corrected chi connectivity index (χ2v) is 4.78. The van der Waals surface area contributed by atoms with Gasteiger partial charge < -0.3 is 14.4 Å². The Kier molecular flexibility index (Phi) is 3.77.